The number of hydrogen-bond acceptors (Lipinski definition) is 7. The van der Waals surface area contributed by atoms with Gasteiger partial charge in [-0.25, -0.2) is 0 Å². The fraction of sp³-hybridized carbons (Fsp3) is 0.500. The van der Waals surface area contributed by atoms with Gasteiger partial charge in [0.05, 0.1) is 33.6 Å². The smallest absolute Gasteiger partial charge is 0.324 e. The van der Waals surface area contributed by atoms with E-state index in [1.165, 1.54) is 43.3 Å². The number of hydrogen-bond donors (Lipinski definition) is 1. The number of nitrogens with zero attached hydrogens (tertiary/aromatic N) is 1. The Morgan fingerprint density at radius 1 is 1.00 bits per heavy atom. The van der Waals surface area contributed by atoms with Crippen molar-refractivity contribution in [1.29, 1.82) is 0 Å². The summed E-state index contributed by atoms with van der Waals surface area (Å²) in [5.41, 5.74) is 1.49. The van der Waals surface area contributed by atoms with Crippen LogP contribution in [0.1, 0.15) is 37.7 Å². The molecule has 2 fully saturated rings. The SMILES string of the molecule is COc1cc(NS(=O)(=O)N2C3CCC(C3)[C@H]2C(=O)OCCCCc2ccccc2)cc(OC)c1OC. The summed E-state index contributed by atoms with van der Waals surface area (Å²) < 4.78 is 52.4. The van der Waals surface area contributed by atoms with Crippen LogP contribution < -0.4 is 18.9 Å². The molecule has 1 saturated carbocycles. The molecule has 2 aromatic carbocycles. The van der Waals surface area contributed by atoms with Gasteiger partial charge in [-0.2, -0.15) is 12.7 Å². The van der Waals surface area contributed by atoms with Crippen molar-refractivity contribution >= 4 is 21.9 Å². The number of unbranched alkanes of at least 4 members (excludes halogenated alkanes) is 1. The third-order valence-corrected chi connectivity index (χ3v) is 8.48. The van der Waals surface area contributed by atoms with Crippen molar-refractivity contribution in [3.63, 3.8) is 0 Å². The van der Waals surface area contributed by atoms with E-state index in [-0.39, 0.29) is 24.3 Å². The minimum atomic E-state index is -4.05. The van der Waals surface area contributed by atoms with Crippen molar-refractivity contribution in [2.45, 2.75) is 50.6 Å². The minimum Gasteiger partial charge on any atom is -0.493 e. The lowest BCUT2D eigenvalue weighted by Gasteiger charge is -2.32. The molecule has 4 rings (SSSR count). The van der Waals surface area contributed by atoms with Gasteiger partial charge in [0, 0.05) is 18.2 Å². The number of esters is 1. The average molecular weight is 519 g/mol. The molecule has 0 spiro atoms. The monoisotopic (exact) mass is 518 g/mol. The third-order valence-electron chi connectivity index (χ3n) is 6.90. The van der Waals surface area contributed by atoms with Crippen molar-refractivity contribution in [3.05, 3.63) is 48.0 Å². The molecule has 196 valence electrons. The van der Waals surface area contributed by atoms with Crippen LogP contribution in [-0.2, 0) is 26.2 Å². The Kier molecular flexibility index (Phi) is 8.25. The Labute approximate surface area is 212 Å². The lowest BCUT2D eigenvalue weighted by Crippen LogP contribution is -2.51. The fourth-order valence-electron chi connectivity index (χ4n) is 5.26. The van der Waals surface area contributed by atoms with Crippen LogP contribution in [0, 0.1) is 5.92 Å². The summed E-state index contributed by atoms with van der Waals surface area (Å²) in [6, 6.07) is 12.1. The molecule has 1 heterocycles. The standard InChI is InChI=1S/C26H34N2O7S/c1-32-22-16-20(17-23(33-2)25(22)34-3)27-36(30,31)28-21-13-12-19(15-21)24(28)26(29)35-14-8-7-11-18-9-5-4-6-10-18/h4-6,9-10,16-17,19,21,24,27H,7-8,11-15H2,1-3H3/t19?,21?,24-/m0/s1. The predicted octanol–water partition coefficient (Wildman–Crippen LogP) is 3.79. The van der Waals surface area contributed by atoms with Crippen LogP contribution in [0.15, 0.2) is 42.5 Å². The van der Waals surface area contributed by atoms with Gasteiger partial charge in [0.1, 0.15) is 6.04 Å². The quantitative estimate of drug-likeness (QED) is 0.337. The topological polar surface area (TPSA) is 103 Å². The molecule has 0 radical (unpaired) electrons. The van der Waals surface area contributed by atoms with Crippen LogP contribution in [0.3, 0.4) is 0 Å². The van der Waals surface area contributed by atoms with Crippen molar-refractivity contribution in [2.24, 2.45) is 5.92 Å². The Balaban J connectivity index is 1.42. The van der Waals surface area contributed by atoms with Gasteiger partial charge in [0.15, 0.2) is 11.5 Å². The van der Waals surface area contributed by atoms with Crippen molar-refractivity contribution in [1.82, 2.24) is 4.31 Å². The van der Waals surface area contributed by atoms with E-state index in [1.54, 1.807) is 0 Å². The van der Waals surface area contributed by atoms with Crippen LogP contribution in [0.2, 0.25) is 0 Å². The second-order valence-corrected chi connectivity index (χ2v) is 10.7. The largest absolute Gasteiger partial charge is 0.493 e. The molecule has 2 bridgehead atoms. The van der Waals surface area contributed by atoms with Crippen LogP contribution >= 0.6 is 0 Å². The zero-order valence-electron chi connectivity index (χ0n) is 20.9. The van der Waals surface area contributed by atoms with Gasteiger partial charge in [-0.05, 0) is 50.0 Å². The number of piperidine rings is 1. The molecule has 0 amide bonds. The fourth-order valence-corrected chi connectivity index (χ4v) is 6.92. The highest BCUT2D eigenvalue weighted by atomic mass is 32.2. The Hall–Kier alpha value is -2.98. The van der Waals surface area contributed by atoms with Gasteiger partial charge in [-0.15, -0.1) is 0 Å². The normalized spacial score (nSPS) is 21.2. The van der Waals surface area contributed by atoms with E-state index >= 15 is 0 Å². The second-order valence-electron chi connectivity index (χ2n) is 9.13. The molecular formula is C26H34N2O7S. The zero-order valence-corrected chi connectivity index (χ0v) is 21.8. The van der Waals surface area contributed by atoms with Crippen LogP contribution in [0.4, 0.5) is 5.69 Å². The van der Waals surface area contributed by atoms with Crippen molar-refractivity contribution in [3.8, 4) is 17.2 Å². The van der Waals surface area contributed by atoms with Gasteiger partial charge < -0.3 is 18.9 Å². The number of rotatable bonds is 12. The summed E-state index contributed by atoms with van der Waals surface area (Å²) >= 11 is 0. The first-order valence-electron chi connectivity index (χ1n) is 12.2. The number of methoxy groups -OCH3 is 3. The first-order chi connectivity index (χ1) is 17.4. The van der Waals surface area contributed by atoms with E-state index in [1.807, 2.05) is 18.2 Å². The van der Waals surface area contributed by atoms with E-state index in [0.29, 0.717) is 23.7 Å². The predicted molar refractivity (Wildman–Crippen MR) is 136 cm³/mol. The van der Waals surface area contributed by atoms with Gasteiger partial charge in [-0.3, -0.25) is 9.52 Å². The summed E-state index contributed by atoms with van der Waals surface area (Å²) in [6.45, 7) is 0.272. The number of fused-ring (bicyclic) bond motifs is 2. The molecule has 1 N–H and O–H groups in total. The molecule has 3 atom stereocenters. The van der Waals surface area contributed by atoms with E-state index in [4.69, 9.17) is 18.9 Å². The van der Waals surface area contributed by atoms with Crippen molar-refractivity contribution < 1.29 is 32.2 Å². The number of nitrogens with one attached hydrogen (secondary N) is 1. The van der Waals surface area contributed by atoms with Crippen LogP contribution in [0.25, 0.3) is 0 Å². The van der Waals surface area contributed by atoms with Gasteiger partial charge in [-0.1, -0.05) is 30.3 Å². The van der Waals surface area contributed by atoms with E-state index < -0.39 is 22.2 Å². The highest BCUT2D eigenvalue weighted by Crippen LogP contribution is 2.45. The Morgan fingerprint density at radius 2 is 1.69 bits per heavy atom. The van der Waals surface area contributed by atoms with Crippen LogP contribution in [0.5, 0.6) is 17.2 Å². The first-order valence-corrected chi connectivity index (χ1v) is 13.6. The minimum absolute atomic E-state index is 0.0386. The Bertz CT molecular complexity index is 1130. The van der Waals surface area contributed by atoms with E-state index in [9.17, 15) is 13.2 Å². The van der Waals surface area contributed by atoms with E-state index in [0.717, 1.165) is 32.1 Å². The molecule has 2 unspecified atom stereocenters. The highest BCUT2D eigenvalue weighted by molar-refractivity contribution is 7.90. The number of aryl methyl sites for hydroxylation is 1. The lowest BCUT2D eigenvalue weighted by molar-refractivity contribution is -0.149. The maximum atomic E-state index is 13.5. The molecule has 1 aliphatic heterocycles. The number of carbonyl (C=O) groups excluding carboxylic acids is 1. The summed E-state index contributed by atoms with van der Waals surface area (Å²) in [5.74, 6) is 0.491. The maximum absolute atomic E-state index is 13.5. The maximum Gasteiger partial charge on any atom is 0.324 e. The number of benzene rings is 2. The molecule has 1 saturated heterocycles. The summed E-state index contributed by atoms with van der Waals surface area (Å²) in [4.78, 5) is 13.0. The molecule has 2 aliphatic rings. The van der Waals surface area contributed by atoms with Gasteiger partial charge >= 0.3 is 16.2 Å². The van der Waals surface area contributed by atoms with Crippen LogP contribution in [-0.4, -0.2) is 58.7 Å². The van der Waals surface area contributed by atoms with Gasteiger partial charge in [0.25, 0.3) is 0 Å². The highest BCUT2D eigenvalue weighted by Gasteiger charge is 2.55. The molecular weight excluding hydrogens is 484 g/mol. The molecule has 1 aliphatic carbocycles. The molecule has 36 heavy (non-hydrogen) atoms. The molecule has 10 heteroatoms. The summed E-state index contributed by atoms with van der Waals surface area (Å²) in [7, 11) is 0.345. The van der Waals surface area contributed by atoms with E-state index in [2.05, 4.69) is 16.9 Å². The second kappa shape index (κ2) is 11.4. The lowest BCUT2D eigenvalue weighted by atomic mass is 10.0. The number of carbonyl (C=O) groups is 1. The van der Waals surface area contributed by atoms with Gasteiger partial charge in [0.2, 0.25) is 5.75 Å². The zero-order chi connectivity index (χ0) is 25.7. The van der Waals surface area contributed by atoms with Crippen molar-refractivity contribution in [2.75, 3.05) is 32.7 Å². The number of ether oxygens (including phenoxy) is 4. The Morgan fingerprint density at radius 3 is 2.33 bits per heavy atom. The molecule has 0 aromatic heterocycles. The molecule has 2 aromatic rings. The molecule has 9 nitrogen and oxygen atoms in total. The summed E-state index contributed by atoms with van der Waals surface area (Å²) in [5, 5.41) is 0. The average Bonchev–Trinajstić information content (AvgIpc) is 3.50. The number of anilines is 1. The third kappa shape index (κ3) is 5.54. The first kappa shape index (κ1) is 26.1. The summed E-state index contributed by atoms with van der Waals surface area (Å²) in [6.07, 6.45) is 4.71.